The number of unbranched alkanes of at least 4 members (excludes halogenated alkanes) is 3. The van der Waals surface area contributed by atoms with Crippen LogP contribution in [0.25, 0.3) is 5.57 Å². The molecule has 0 heterocycles. The smallest absolute Gasteiger partial charge is 0.0385 e. The molecule has 0 N–H and O–H groups in total. The molecular formula is C17H25N. The fourth-order valence-corrected chi connectivity index (χ4v) is 1.85. The predicted molar refractivity (Wildman–Crippen MR) is 82.4 cm³/mol. The average molecular weight is 243 g/mol. The van der Waals surface area contributed by atoms with Crippen molar-refractivity contribution in [3.63, 3.8) is 0 Å². The summed E-state index contributed by atoms with van der Waals surface area (Å²) < 4.78 is 0. The van der Waals surface area contributed by atoms with E-state index >= 15 is 0 Å². The third-order valence-electron chi connectivity index (χ3n) is 3.02. The quantitative estimate of drug-likeness (QED) is 0.454. The summed E-state index contributed by atoms with van der Waals surface area (Å²) in [6.07, 6.45) is 8.11. The van der Waals surface area contributed by atoms with E-state index in [4.69, 9.17) is 0 Å². The lowest BCUT2D eigenvalue weighted by Gasteiger charge is -2.02. The summed E-state index contributed by atoms with van der Waals surface area (Å²) in [6.45, 7) is 9.22. The summed E-state index contributed by atoms with van der Waals surface area (Å²) >= 11 is 0. The molecule has 0 bridgehead atoms. The van der Waals surface area contributed by atoms with Gasteiger partial charge in [-0.2, -0.15) is 0 Å². The molecule has 1 heteroatoms. The van der Waals surface area contributed by atoms with Gasteiger partial charge in [-0.15, -0.1) is 0 Å². The summed E-state index contributed by atoms with van der Waals surface area (Å²) in [7, 11) is 0. The van der Waals surface area contributed by atoms with Crippen LogP contribution in [-0.2, 0) is 6.42 Å². The molecule has 98 valence electrons. The first-order chi connectivity index (χ1) is 8.74. The summed E-state index contributed by atoms with van der Waals surface area (Å²) in [5.74, 6) is 0. The second-order valence-corrected chi connectivity index (χ2v) is 4.83. The number of aliphatic imine (C=N–C) groups is 1. The minimum Gasteiger partial charge on any atom is -0.297 e. The number of hydrogen-bond donors (Lipinski definition) is 0. The van der Waals surface area contributed by atoms with Crippen molar-refractivity contribution in [3.05, 3.63) is 42.0 Å². The monoisotopic (exact) mass is 243 g/mol. The number of hydrogen-bond acceptors (Lipinski definition) is 1. The Hall–Kier alpha value is -1.37. The van der Waals surface area contributed by atoms with Crippen molar-refractivity contribution in [2.75, 3.05) is 6.54 Å². The fraction of sp³-hybridized carbons (Fsp3) is 0.471. The van der Waals surface area contributed by atoms with Crippen molar-refractivity contribution >= 4 is 11.8 Å². The third kappa shape index (κ3) is 5.81. The van der Waals surface area contributed by atoms with Gasteiger partial charge in [0.2, 0.25) is 0 Å². The lowest BCUT2D eigenvalue weighted by atomic mass is 10.0. The Morgan fingerprint density at radius 3 is 2.83 bits per heavy atom. The normalized spacial score (nSPS) is 11.0. The Kier molecular flexibility index (Phi) is 7.09. The lowest BCUT2D eigenvalue weighted by Crippen LogP contribution is -1.90. The van der Waals surface area contributed by atoms with Gasteiger partial charge in [-0.1, -0.05) is 62.6 Å². The van der Waals surface area contributed by atoms with E-state index in [0.29, 0.717) is 0 Å². The number of allylic oxidation sites excluding steroid dienone is 1. The van der Waals surface area contributed by atoms with Crippen molar-refractivity contribution < 1.29 is 0 Å². The molecule has 0 saturated heterocycles. The molecule has 0 spiro atoms. The molecule has 0 radical (unpaired) electrons. The standard InChI is InChI=1S/C17H25N/c1-4-5-6-7-12-18-13-11-16-9-8-10-17(14-16)15(2)3/h8-10,13-14H,2,4-7,11-12H2,1,3H3. The van der Waals surface area contributed by atoms with E-state index in [1.165, 1.54) is 36.8 Å². The first kappa shape index (κ1) is 14.7. The van der Waals surface area contributed by atoms with Crippen molar-refractivity contribution in [1.82, 2.24) is 0 Å². The first-order valence-corrected chi connectivity index (χ1v) is 6.97. The van der Waals surface area contributed by atoms with Gasteiger partial charge < -0.3 is 0 Å². The van der Waals surface area contributed by atoms with Crippen LogP contribution in [0.2, 0.25) is 0 Å². The van der Waals surface area contributed by atoms with Crippen molar-refractivity contribution in [3.8, 4) is 0 Å². The fourth-order valence-electron chi connectivity index (χ4n) is 1.85. The van der Waals surface area contributed by atoms with Gasteiger partial charge in [0, 0.05) is 19.2 Å². The van der Waals surface area contributed by atoms with Crippen LogP contribution >= 0.6 is 0 Å². The van der Waals surface area contributed by atoms with Gasteiger partial charge in [0.25, 0.3) is 0 Å². The largest absolute Gasteiger partial charge is 0.297 e. The number of nitrogens with zero attached hydrogens (tertiary/aromatic N) is 1. The first-order valence-electron chi connectivity index (χ1n) is 6.97. The second kappa shape index (κ2) is 8.68. The third-order valence-corrected chi connectivity index (χ3v) is 3.02. The minimum absolute atomic E-state index is 0.925. The number of benzene rings is 1. The van der Waals surface area contributed by atoms with Crippen molar-refractivity contribution in [2.45, 2.75) is 46.0 Å². The Bertz CT molecular complexity index is 390. The van der Waals surface area contributed by atoms with Gasteiger partial charge in [0.15, 0.2) is 0 Å². The Morgan fingerprint density at radius 1 is 1.28 bits per heavy atom. The molecule has 1 aromatic carbocycles. The Labute approximate surface area is 112 Å². The van der Waals surface area contributed by atoms with E-state index < -0.39 is 0 Å². The highest BCUT2D eigenvalue weighted by molar-refractivity contribution is 5.65. The van der Waals surface area contributed by atoms with E-state index in [0.717, 1.165) is 18.5 Å². The van der Waals surface area contributed by atoms with Gasteiger partial charge in [0.1, 0.15) is 0 Å². The van der Waals surface area contributed by atoms with Gasteiger partial charge in [-0.05, 0) is 24.5 Å². The topological polar surface area (TPSA) is 12.4 Å². The van der Waals surface area contributed by atoms with Crippen LogP contribution in [0.15, 0.2) is 35.8 Å². The molecule has 18 heavy (non-hydrogen) atoms. The van der Waals surface area contributed by atoms with Gasteiger partial charge >= 0.3 is 0 Å². The second-order valence-electron chi connectivity index (χ2n) is 4.83. The highest BCUT2D eigenvalue weighted by Gasteiger charge is 1.95. The molecule has 0 unspecified atom stereocenters. The SMILES string of the molecule is C=C(C)c1cccc(CC=NCCCCCC)c1. The highest BCUT2D eigenvalue weighted by Crippen LogP contribution is 2.13. The zero-order chi connectivity index (χ0) is 13.2. The van der Waals surface area contributed by atoms with Crippen LogP contribution in [0.5, 0.6) is 0 Å². The van der Waals surface area contributed by atoms with Crippen LogP contribution in [0.4, 0.5) is 0 Å². The highest BCUT2D eigenvalue weighted by atomic mass is 14.7. The Morgan fingerprint density at radius 2 is 2.11 bits per heavy atom. The molecule has 0 atom stereocenters. The maximum Gasteiger partial charge on any atom is 0.0385 e. The van der Waals surface area contributed by atoms with Crippen LogP contribution in [0.3, 0.4) is 0 Å². The summed E-state index contributed by atoms with van der Waals surface area (Å²) in [6, 6.07) is 8.54. The van der Waals surface area contributed by atoms with E-state index in [9.17, 15) is 0 Å². The molecule has 0 saturated carbocycles. The molecule has 0 fully saturated rings. The van der Waals surface area contributed by atoms with Gasteiger partial charge in [0.05, 0.1) is 0 Å². The maximum atomic E-state index is 4.47. The summed E-state index contributed by atoms with van der Waals surface area (Å²) in [4.78, 5) is 4.47. The molecule has 0 aromatic heterocycles. The van der Waals surface area contributed by atoms with Crippen LogP contribution in [-0.4, -0.2) is 12.8 Å². The maximum absolute atomic E-state index is 4.47. The minimum atomic E-state index is 0.925. The molecule has 1 aromatic rings. The zero-order valence-corrected chi connectivity index (χ0v) is 11.8. The molecule has 1 nitrogen and oxygen atoms in total. The van der Waals surface area contributed by atoms with Crippen molar-refractivity contribution in [2.24, 2.45) is 4.99 Å². The molecule has 0 aliphatic rings. The van der Waals surface area contributed by atoms with Crippen LogP contribution in [0, 0.1) is 0 Å². The summed E-state index contributed by atoms with van der Waals surface area (Å²) in [5.41, 5.74) is 3.66. The van der Waals surface area contributed by atoms with E-state index in [-0.39, 0.29) is 0 Å². The Balaban J connectivity index is 2.32. The zero-order valence-electron chi connectivity index (χ0n) is 11.8. The summed E-state index contributed by atoms with van der Waals surface area (Å²) in [5, 5.41) is 0. The molecule has 0 amide bonds. The molecule has 0 aliphatic heterocycles. The number of rotatable bonds is 8. The molecular weight excluding hydrogens is 218 g/mol. The van der Waals surface area contributed by atoms with Crippen LogP contribution < -0.4 is 0 Å². The van der Waals surface area contributed by atoms with E-state index in [1.54, 1.807) is 0 Å². The average Bonchev–Trinajstić information content (AvgIpc) is 2.38. The molecule has 0 aliphatic carbocycles. The van der Waals surface area contributed by atoms with Crippen molar-refractivity contribution in [1.29, 1.82) is 0 Å². The lowest BCUT2D eigenvalue weighted by molar-refractivity contribution is 0.675. The van der Waals surface area contributed by atoms with Gasteiger partial charge in [-0.25, -0.2) is 0 Å². The van der Waals surface area contributed by atoms with Gasteiger partial charge in [-0.3, -0.25) is 4.99 Å². The molecule has 1 rings (SSSR count). The van der Waals surface area contributed by atoms with Crippen LogP contribution in [0.1, 0.15) is 50.7 Å². The van der Waals surface area contributed by atoms with E-state index in [1.807, 2.05) is 13.1 Å². The van der Waals surface area contributed by atoms with E-state index in [2.05, 4.69) is 42.8 Å². The predicted octanol–water partition coefficient (Wildman–Crippen LogP) is 4.91.